The van der Waals surface area contributed by atoms with E-state index in [0.29, 0.717) is 19.8 Å². The number of hydrogen-bond acceptors (Lipinski definition) is 9. The smallest absolute Gasteiger partial charge is 0.147 e. The number of nitrogens with zero attached hydrogens (tertiary/aromatic N) is 4. The maximum absolute atomic E-state index is 6.20. The number of rotatable bonds is 5. The maximum Gasteiger partial charge on any atom is 0.147 e. The van der Waals surface area contributed by atoms with Crippen molar-refractivity contribution >= 4 is 43.4 Å². The molecule has 2 aliphatic rings. The Bertz CT molecular complexity index is 1080. The van der Waals surface area contributed by atoms with Gasteiger partial charge in [-0.15, -0.1) is 11.3 Å². The average Bonchev–Trinajstić information content (AvgIpc) is 3.13. The zero-order valence-electron chi connectivity index (χ0n) is 17.7. The molecule has 8 nitrogen and oxygen atoms in total. The van der Waals surface area contributed by atoms with Gasteiger partial charge in [-0.1, -0.05) is 0 Å². The zero-order chi connectivity index (χ0) is 20.7. The maximum atomic E-state index is 6.20. The lowest BCUT2D eigenvalue weighted by Gasteiger charge is -2.36. The number of nitrogens with one attached hydrogen (secondary N) is 1. The first-order valence-corrected chi connectivity index (χ1v) is 11.2. The highest BCUT2D eigenvalue weighted by Gasteiger charge is 2.33. The molecule has 0 saturated carbocycles. The lowest BCUT2D eigenvalue weighted by Crippen LogP contribution is -2.39. The van der Waals surface area contributed by atoms with E-state index in [1.54, 1.807) is 24.8 Å². The summed E-state index contributed by atoms with van der Waals surface area (Å²) in [6.45, 7) is 9.35. The van der Waals surface area contributed by atoms with Gasteiger partial charge in [0.05, 0.1) is 42.2 Å². The summed E-state index contributed by atoms with van der Waals surface area (Å²) in [6, 6.07) is 0. The Morgan fingerprint density at radius 1 is 1.23 bits per heavy atom. The number of aromatic nitrogens is 3. The van der Waals surface area contributed by atoms with Crippen molar-refractivity contribution < 1.29 is 14.2 Å². The van der Waals surface area contributed by atoms with Crippen LogP contribution < -0.4 is 10.2 Å². The van der Waals surface area contributed by atoms with Gasteiger partial charge in [0.25, 0.3) is 0 Å². The molecular formula is C21H27N5O3S. The summed E-state index contributed by atoms with van der Waals surface area (Å²) in [4.78, 5) is 17.6. The van der Waals surface area contributed by atoms with Crippen molar-refractivity contribution in [2.24, 2.45) is 0 Å². The van der Waals surface area contributed by atoms with Crippen LogP contribution in [-0.4, -0.2) is 67.1 Å². The summed E-state index contributed by atoms with van der Waals surface area (Å²) in [7, 11) is 1.70. The van der Waals surface area contributed by atoms with Gasteiger partial charge in [-0.3, -0.25) is 0 Å². The molecule has 1 saturated heterocycles. The van der Waals surface area contributed by atoms with E-state index in [1.165, 1.54) is 11.1 Å². The molecule has 5 heterocycles. The van der Waals surface area contributed by atoms with Gasteiger partial charge in [0.15, 0.2) is 0 Å². The first-order valence-electron chi connectivity index (χ1n) is 10.4. The molecule has 3 aromatic rings. The van der Waals surface area contributed by atoms with E-state index in [-0.39, 0.29) is 5.60 Å². The summed E-state index contributed by atoms with van der Waals surface area (Å²) >= 11 is 1.66. The van der Waals surface area contributed by atoms with Crippen molar-refractivity contribution in [1.82, 2.24) is 15.0 Å². The third kappa shape index (κ3) is 3.49. The van der Waals surface area contributed by atoms with Gasteiger partial charge in [0, 0.05) is 44.1 Å². The molecule has 0 unspecified atom stereocenters. The molecule has 30 heavy (non-hydrogen) atoms. The highest BCUT2D eigenvalue weighted by molar-refractivity contribution is 7.26. The summed E-state index contributed by atoms with van der Waals surface area (Å²) in [5, 5.41) is 4.53. The summed E-state index contributed by atoms with van der Waals surface area (Å²) < 4.78 is 18.0. The van der Waals surface area contributed by atoms with E-state index in [4.69, 9.17) is 19.2 Å². The minimum Gasteiger partial charge on any atom is -0.383 e. The van der Waals surface area contributed by atoms with Crippen LogP contribution >= 0.6 is 11.3 Å². The second-order valence-corrected chi connectivity index (χ2v) is 9.32. The highest BCUT2D eigenvalue weighted by Crippen LogP contribution is 2.44. The van der Waals surface area contributed by atoms with Crippen LogP contribution in [-0.2, 0) is 27.2 Å². The Morgan fingerprint density at radius 2 is 2.07 bits per heavy atom. The van der Waals surface area contributed by atoms with Crippen LogP contribution in [0.2, 0.25) is 0 Å². The van der Waals surface area contributed by atoms with E-state index in [1.807, 2.05) is 0 Å². The molecule has 0 amide bonds. The molecule has 1 N–H and O–H groups in total. The van der Waals surface area contributed by atoms with Gasteiger partial charge in [-0.05, 0) is 19.4 Å². The van der Waals surface area contributed by atoms with E-state index in [2.05, 4.69) is 34.0 Å². The van der Waals surface area contributed by atoms with E-state index >= 15 is 0 Å². The molecule has 0 spiro atoms. The molecule has 3 aromatic heterocycles. The van der Waals surface area contributed by atoms with Gasteiger partial charge in [0.1, 0.15) is 22.8 Å². The predicted molar refractivity (Wildman–Crippen MR) is 119 cm³/mol. The molecule has 0 aromatic carbocycles. The molecule has 5 rings (SSSR count). The number of pyridine rings is 1. The van der Waals surface area contributed by atoms with Crippen LogP contribution in [0.3, 0.4) is 0 Å². The Morgan fingerprint density at radius 3 is 2.87 bits per heavy atom. The first-order chi connectivity index (χ1) is 14.6. The van der Waals surface area contributed by atoms with Crippen molar-refractivity contribution in [3.63, 3.8) is 0 Å². The minimum absolute atomic E-state index is 0.218. The summed E-state index contributed by atoms with van der Waals surface area (Å²) in [5.74, 6) is 1.87. The van der Waals surface area contributed by atoms with Crippen LogP contribution in [0, 0.1) is 0 Å². The monoisotopic (exact) mass is 429 g/mol. The topological polar surface area (TPSA) is 81.6 Å². The van der Waals surface area contributed by atoms with Crippen LogP contribution in [0.5, 0.6) is 0 Å². The Hall–Kier alpha value is -2.07. The van der Waals surface area contributed by atoms with E-state index < -0.39 is 0 Å². The minimum atomic E-state index is -0.218. The third-order valence-corrected chi connectivity index (χ3v) is 6.80. The number of hydrogen-bond donors (Lipinski definition) is 1. The normalized spacial score (nSPS) is 18.7. The van der Waals surface area contributed by atoms with Gasteiger partial charge < -0.3 is 24.4 Å². The Labute approximate surface area is 179 Å². The van der Waals surface area contributed by atoms with Gasteiger partial charge >= 0.3 is 0 Å². The summed E-state index contributed by atoms with van der Waals surface area (Å²) in [6.07, 6.45) is 2.47. The number of anilines is 2. The van der Waals surface area contributed by atoms with Gasteiger partial charge in [-0.25, -0.2) is 15.0 Å². The molecular weight excluding hydrogens is 402 g/mol. The fraction of sp³-hybridized carbons (Fsp3) is 0.571. The van der Waals surface area contributed by atoms with Crippen molar-refractivity contribution in [2.75, 3.05) is 56.8 Å². The molecule has 0 atom stereocenters. The quantitative estimate of drug-likeness (QED) is 0.620. The van der Waals surface area contributed by atoms with E-state index in [0.717, 1.165) is 64.8 Å². The largest absolute Gasteiger partial charge is 0.383 e. The highest BCUT2D eigenvalue weighted by atomic mass is 32.1. The van der Waals surface area contributed by atoms with Crippen LogP contribution in [0.15, 0.2) is 6.33 Å². The number of methoxy groups -OCH3 is 1. The first kappa shape index (κ1) is 19.9. The van der Waals surface area contributed by atoms with Crippen molar-refractivity contribution in [1.29, 1.82) is 0 Å². The molecule has 0 radical (unpaired) electrons. The third-order valence-electron chi connectivity index (χ3n) is 5.72. The number of fused-ring (bicyclic) bond motifs is 5. The molecule has 0 bridgehead atoms. The fourth-order valence-corrected chi connectivity index (χ4v) is 5.34. The molecule has 9 heteroatoms. The molecule has 160 valence electrons. The second-order valence-electron chi connectivity index (χ2n) is 8.32. The Kier molecular flexibility index (Phi) is 5.22. The predicted octanol–water partition coefficient (Wildman–Crippen LogP) is 2.99. The number of thiophene rings is 1. The van der Waals surface area contributed by atoms with Gasteiger partial charge in [-0.2, -0.15) is 0 Å². The zero-order valence-corrected chi connectivity index (χ0v) is 18.5. The van der Waals surface area contributed by atoms with Crippen LogP contribution in [0.25, 0.3) is 20.4 Å². The number of morpholine rings is 1. The van der Waals surface area contributed by atoms with Crippen molar-refractivity contribution in [3.05, 3.63) is 17.5 Å². The molecule has 0 aliphatic carbocycles. The SMILES string of the molecule is COCCNc1ncnc2c1sc1nc(N3CCOCC3)c3c(c12)CC(C)(C)OC3. The van der Waals surface area contributed by atoms with Gasteiger partial charge in [0.2, 0.25) is 0 Å². The fourth-order valence-electron chi connectivity index (χ4n) is 4.22. The van der Waals surface area contributed by atoms with Crippen molar-refractivity contribution in [2.45, 2.75) is 32.5 Å². The standard InChI is InChI=1S/C21H27N5O3S/c1-21(2)10-13-14(11-29-21)19(26-5-8-28-9-6-26)25-20-15(13)16-17(30-20)18(24-12-23-16)22-4-7-27-3/h12H,4-11H2,1-3H3,(H,22,23,24). The molecule has 1 fully saturated rings. The Balaban J connectivity index is 1.70. The van der Waals surface area contributed by atoms with E-state index in [9.17, 15) is 0 Å². The van der Waals surface area contributed by atoms with Crippen molar-refractivity contribution in [3.8, 4) is 0 Å². The van der Waals surface area contributed by atoms with Crippen LogP contribution in [0.4, 0.5) is 11.6 Å². The average molecular weight is 430 g/mol. The number of ether oxygens (including phenoxy) is 3. The second kappa shape index (κ2) is 7.88. The lowest BCUT2D eigenvalue weighted by atomic mass is 9.90. The lowest BCUT2D eigenvalue weighted by molar-refractivity contribution is -0.0396. The summed E-state index contributed by atoms with van der Waals surface area (Å²) in [5.41, 5.74) is 3.26. The molecule has 2 aliphatic heterocycles. The van der Waals surface area contributed by atoms with Crippen LogP contribution in [0.1, 0.15) is 25.0 Å².